The molecule has 3 aromatic carbocycles. The molecule has 0 spiro atoms. The number of carbonyl (C=O) groups excluding carboxylic acids is 2. The molecule has 0 unspecified atom stereocenters. The molecule has 38 heavy (non-hydrogen) atoms. The number of carbonyl (C=O) groups is 2. The molecule has 0 saturated carbocycles. The van der Waals surface area contributed by atoms with Crippen molar-refractivity contribution in [2.45, 2.75) is 65.1 Å². The maximum absolute atomic E-state index is 13.9. The molecule has 0 bridgehead atoms. The Morgan fingerprint density at radius 1 is 0.816 bits per heavy atom. The van der Waals surface area contributed by atoms with E-state index in [0.717, 1.165) is 26.6 Å². The molecule has 7 nitrogen and oxygen atoms in total. The summed E-state index contributed by atoms with van der Waals surface area (Å²) >= 11 is 0. The second-order valence-electron chi connectivity index (χ2n) is 10.0. The number of nitrogens with zero attached hydrogens (tertiary/aromatic N) is 2. The van der Waals surface area contributed by atoms with Crippen LogP contribution in [-0.2, 0) is 26.2 Å². The standard InChI is InChI=1S/C30H37N3O4S/c1-21(2)31-30(35)25(6)32(19-26-14-12-22(3)13-15-26)29(34)20-33(27-17-23(4)16-24(5)18-27)38(36,37)28-10-8-7-9-11-28/h7-18,21,25H,19-20H2,1-6H3,(H,31,35)/t25-/m1/s1. The summed E-state index contributed by atoms with van der Waals surface area (Å²) in [6.45, 7) is 10.8. The minimum absolute atomic E-state index is 0.0858. The number of amides is 2. The Bertz CT molecular complexity index is 1350. The van der Waals surface area contributed by atoms with E-state index in [1.807, 2.05) is 65.0 Å². The second kappa shape index (κ2) is 12.3. The Labute approximate surface area is 226 Å². The summed E-state index contributed by atoms with van der Waals surface area (Å²) in [4.78, 5) is 28.4. The zero-order chi connectivity index (χ0) is 28.0. The first-order valence-electron chi connectivity index (χ1n) is 12.7. The Morgan fingerprint density at radius 2 is 1.39 bits per heavy atom. The Hall–Kier alpha value is -3.65. The summed E-state index contributed by atoms with van der Waals surface area (Å²) in [7, 11) is -4.07. The average Bonchev–Trinajstić information content (AvgIpc) is 2.85. The van der Waals surface area contributed by atoms with Crippen LogP contribution < -0.4 is 9.62 Å². The van der Waals surface area contributed by atoms with Gasteiger partial charge in [-0.3, -0.25) is 13.9 Å². The molecule has 0 aromatic heterocycles. The van der Waals surface area contributed by atoms with E-state index in [9.17, 15) is 18.0 Å². The summed E-state index contributed by atoms with van der Waals surface area (Å²) < 4.78 is 28.8. The van der Waals surface area contributed by atoms with Gasteiger partial charge in [0.05, 0.1) is 10.6 Å². The molecule has 0 heterocycles. The smallest absolute Gasteiger partial charge is 0.264 e. The van der Waals surface area contributed by atoms with Gasteiger partial charge in [-0.1, -0.05) is 54.1 Å². The summed E-state index contributed by atoms with van der Waals surface area (Å²) in [6.07, 6.45) is 0. The van der Waals surface area contributed by atoms with E-state index in [1.54, 1.807) is 37.3 Å². The predicted octanol–water partition coefficient (Wildman–Crippen LogP) is 4.75. The van der Waals surface area contributed by atoms with E-state index in [4.69, 9.17) is 0 Å². The molecule has 202 valence electrons. The molecule has 0 aliphatic rings. The SMILES string of the molecule is Cc1ccc(CN(C(=O)CN(c2cc(C)cc(C)c2)S(=O)(=O)c2ccccc2)[C@H](C)C(=O)NC(C)C)cc1. The number of rotatable bonds is 10. The highest BCUT2D eigenvalue weighted by Gasteiger charge is 2.32. The highest BCUT2D eigenvalue weighted by atomic mass is 32.2. The minimum atomic E-state index is -4.07. The van der Waals surface area contributed by atoms with Gasteiger partial charge in [0, 0.05) is 12.6 Å². The van der Waals surface area contributed by atoms with E-state index in [-0.39, 0.29) is 23.4 Å². The third kappa shape index (κ3) is 7.22. The lowest BCUT2D eigenvalue weighted by atomic mass is 10.1. The Morgan fingerprint density at radius 3 is 1.95 bits per heavy atom. The van der Waals surface area contributed by atoms with Gasteiger partial charge in [-0.15, -0.1) is 0 Å². The number of nitrogens with one attached hydrogen (secondary N) is 1. The van der Waals surface area contributed by atoms with Gasteiger partial charge in [0.25, 0.3) is 10.0 Å². The van der Waals surface area contributed by atoms with Crippen molar-refractivity contribution in [3.8, 4) is 0 Å². The molecular formula is C30H37N3O4S. The molecule has 1 N–H and O–H groups in total. The van der Waals surface area contributed by atoms with E-state index < -0.39 is 28.5 Å². The van der Waals surface area contributed by atoms with Crippen molar-refractivity contribution < 1.29 is 18.0 Å². The molecule has 0 aliphatic carbocycles. The van der Waals surface area contributed by atoms with Crippen molar-refractivity contribution in [1.29, 1.82) is 0 Å². The second-order valence-corrected chi connectivity index (χ2v) is 11.9. The first-order valence-corrected chi connectivity index (χ1v) is 14.1. The molecule has 3 rings (SSSR count). The van der Waals surface area contributed by atoms with Crippen LogP contribution >= 0.6 is 0 Å². The zero-order valence-corrected chi connectivity index (χ0v) is 23.7. The van der Waals surface area contributed by atoms with Crippen LogP contribution in [0.3, 0.4) is 0 Å². The van der Waals surface area contributed by atoms with Crippen LogP contribution in [0.5, 0.6) is 0 Å². The van der Waals surface area contributed by atoms with Crippen LogP contribution in [0, 0.1) is 20.8 Å². The molecule has 0 fully saturated rings. The van der Waals surface area contributed by atoms with Gasteiger partial charge in [0.15, 0.2) is 0 Å². The third-order valence-corrected chi connectivity index (χ3v) is 7.96. The van der Waals surface area contributed by atoms with Crippen LogP contribution in [-0.4, -0.2) is 43.8 Å². The third-order valence-electron chi connectivity index (χ3n) is 6.18. The lowest BCUT2D eigenvalue weighted by molar-refractivity contribution is -0.139. The van der Waals surface area contributed by atoms with Crippen molar-refractivity contribution in [3.05, 3.63) is 95.1 Å². The van der Waals surface area contributed by atoms with Gasteiger partial charge < -0.3 is 10.2 Å². The lowest BCUT2D eigenvalue weighted by Gasteiger charge is -2.32. The zero-order valence-electron chi connectivity index (χ0n) is 22.9. The predicted molar refractivity (Wildman–Crippen MR) is 151 cm³/mol. The molecule has 0 aliphatic heterocycles. The first kappa shape index (κ1) is 28.9. The van der Waals surface area contributed by atoms with Crippen molar-refractivity contribution in [3.63, 3.8) is 0 Å². The fourth-order valence-electron chi connectivity index (χ4n) is 4.22. The molecule has 0 radical (unpaired) electrons. The number of hydrogen-bond acceptors (Lipinski definition) is 4. The number of hydrogen-bond donors (Lipinski definition) is 1. The minimum Gasteiger partial charge on any atom is -0.352 e. The molecular weight excluding hydrogens is 498 g/mol. The van der Waals surface area contributed by atoms with Crippen LogP contribution in [0.4, 0.5) is 5.69 Å². The van der Waals surface area contributed by atoms with Gasteiger partial charge in [0.2, 0.25) is 11.8 Å². The van der Waals surface area contributed by atoms with Crippen LogP contribution in [0.2, 0.25) is 0 Å². The van der Waals surface area contributed by atoms with Crippen LogP contribution in [0.25, 0.3) is 0 Å². The van der Waals surface area contributed by atoms with Gasteiger partial charge in [-0.2, -0.15) is 0 Å². The van der Waals surface area contributed by atoms with E-state index in [2.05, 4.69) is 5.32 Å². The first-order chi connectivity index (χ1) is 17.9. The van der Waals surface area contributed by atoms with E-state index in [0.29, 0.717) is 5.69 Å². The maximum Gasteiger partial charge on any atom is 0.264 e. The molecule has 3 aromatic rings. The van der Waals surface area contributed by atoms with Gasteiger partial charge >= 0.3 is 0 Å². The lowest BCUT2D eigenvalue weighted by Crippen LogP contribution is -2.52. The number of aryl methyl sites for hydroxylation is 3. The quantitative estimate of drug-likeness (QED) is 0.406. The number of sulfonamides is 1. The topological polar surface area (TPSA) is 86.8 Å². The molecule has 8 heteroatoms. The van der Waals surface area contributed by atoms with Crippen molar-refractivity contribution in [2.75, 3.05) is 10.8 Å². The van der Waals surface area contributed by atoms with E-state index >= 15 is 0 Å². The summed E-state index contributed by atoms with van der Waals surface area (Å²) in [6, 6.07) is 20.3. The van der Waals surface area contributed by atoms with Gasteiger partial charge in [0.1, 0.15) is 12.6 Å². The van der Waals surface area contributed by atoms with E-state index in [1.165, 1.54) is 17.0 Å². The normalized spacial score (nSPS) is 12.2. The Balaban J connectivity index is 2.05. The summed E-state index contributed by atoms with van der Waals surface area (Å²) in [5.41, 5.74) is 4.07. The van der Waals surface area contributed by atoms with Crippen LogP contribution in [0.15, 0.2) is 77.7 Å². The fraction of sp³-hybridized carbons (Fsp3) is 0.333. The summed E-state index contributed by atoms with van der Waals surface area (Å²) in [5.74, 6) is -0.778. The highest BCUT2D eigenvalue weighted by molar-refractivity contribution is 7.92. The van der Waals surface area contributed by atoms with Gasteiger partial charge in [-0.25, -0.2) is 8.42 Å². The summed E-state index contributed by atoms with van der Waals surface area (Å²) in [5, 5.41) is 2.86. The van der Waals surface area contributed by atoms with Crippen LogP contribution in [0.1, 0.15) is 43.0 Å². The molecule has 2 amide bonds. The number of anilines is 1. The monoisotopic (exact) mass is 535 g/mol. The van der Waals surface area contributed by atoms with Crippen molar-refractivity contribution >= 4 is 27.5 Å². The highest BCUT2D eigenvalue weighted by Crippen LogP contribution is 2.26. The maximum atomic E-state index is 13.9. The largest absolute Gasteiger partial charge is 0.352 e. The molecule has 0 saturated heterocycles. The fourth-order valence-corrected chi connectivity index (χ4v) is 5.64. The van der Waals surface area contributed by atoms with Crippen molar-refractivity contribution in [2.24, 2.45) is 0 Å². The van der Waals surface area contributed by atoms with Gasteiger partial charge in [-0.05, 0) is 82.5 Å². The van der Waals surface area contributed by atoms with Crippen molar-refractivity contribution in [1.82, 2.24) is 10.2 Å². The Kier molecular flexibility index (Phi) is 9.33. The molecule has 1 atom stereocenters. The number of benzene rings is 3. The average molecular weight is 536 g/mol.